The van der Waals surface area contributed by atoms with E-state index >= 15 is 0 Å². The summed E-state index contributed by atoms with van der Waals surface area (Å²) in [5, 5.41) is 36.0. The fraction of sp³-hybridized carbons (Fsp3) is 0.107. The maximum Gasteiger partial charge on any atom is 0.341 e. The van der Waals surface area contributed by atoms with Crippen molar-refractivity contribution in [3.63, 3.8) is 0 Å². The molecule has 0 spiro atoms. The second-order valence-corrected chi connectivity index (χ2v) is 10.9. The lowest BCUT2D eigenvalue weighted by molar-refractivity contribution is 0.0694. The van der Waals surface area contributed by atoms with Gasteiger partial charge in [0.2, 0.25) is 0 Å². The molecule has 216 valence electrons. The van der Waals surface area contributed by atoms with Crippen molar-refractivity contribution in [1.29, 1.82) is 0 Å². The fourth-order valence-electron chi connectivity index (χ4n) is 4.13. The molecule has 0 radical (unpaired) electrons. The number of carbonyl (C=O) groups is 1. The van der Waals surface area contributed by atoms with Crippen LogP contribution in [-0.4, -0.2) is 29.2 Å². The summed E-state index contributed by atoms with van der Waals surface area (Å²) in [6.45, 7) is 5.22. The number of nitrogens with two attached hydrogens (primary N) is 3. The molecule has 0 aromatic heterocycles. The van der Waals surface area contributed by atoms with Crippen molar-refractivity contribution in [1.82, 2.24) is 0 Å². The number of aromatic carboxylic acids is 1. The first-order valence-electron chi connectivity index (χ1n) is 12.2. The summed E-state index contributed by atoms with van der Waals surface area (Å²) in [5.41, 5.74) is 21.6. The minimum absolute atomic E-state index is 0.0316. The summed E-state index contributed by atoms with van der Waals surface area (Å²) in [5.74, 6) is -1.78. The molecule has 4 aromatic carbocycles. The molecule has 0 saturated carbocycles. The van der Waals surface area contributed by atoms with E-state index in [4.69, 9.17) is 17.2 Å². The van der Waals surface area contributed by atoms with E-state index in [1.54, 1.807) is 19.1 Å². The molecule has 0 aliphatic carbocycles. The zero-order chi connectivity index (χ0) is 30.9. The highest BCUT2D eigenvalue weighted by Crippen LogP contribution is 2.38. The largest absolute Gasteiger partial charge is 0.507 e. The van der Waals surface area contributed by atoms with Crippen LogP contribution in [-0.2, 0) is 10.1 Å². The number of anilines is 3. The lowest BCUT2D eigenvalue weighted by Gasteiger charge is -2.10. The number of hydrogen-bond acceptors (Lipinski definition) is 11. The van der Waals surface area contributed by atoms with Gasteiger partial charge in [0.05, 0.1) is 28.4 Å². The van der Waals surface area contributed by atoms with Crippen LogP contribution in [0.15, 0.2) is 79.9 Å². The molecular weight excluding hydrogens is 562 g/mol. The van der Waals surface area contributed by atoms with Gasteiger partial charge in [0.25, 0.3) is 10.1 Å². The Balaban J connectivity index is 1.59. The Morgan fingerprint density at radius 1 is 0.690 bits per heavy atom. The minimum atomic E-state index is -4.57. The van der Waals surface area contributed by atoms with E-state index in [2.05, 4.69) is 20.5 Å². The van der Waals surface area contributed by atoms with Gasteiger partial charge in [-0.25, -0.2) is 4.79 Å². The van der Waals surface area contributed by atoms with Gasteiger partial charge in [0.1, 0.15) is 27.6 Å². The molecule has 0 unspecified atom stereocenters. The number of aryl methyl sites for hydroxylation is 3. The van der Waals surface area contributed by atoms with E-state index in [0.29, 0.717) is 16.9 Å². The van der Waals surface area contributed by atoms with Crippen LogP contribution in [0.25, 0.3) is 11.1 Å². The first kappa shape index (κ1) is 29.6. The highest BCUT2D eigenvalue weighted by molar-refractivity contribution is 7.86. The van der Waals surface area contributed by atoms with Crippen LogP contribution in [0.4, 0.5) is 39.8 Å². The Labute approximate surface area is 240 Å². The number of nitrogen functional groups attached to an aromatic ring is 3. The molecule has 0 amide bonds. The van der Waals surface area contributed by atoms with Gasteiger partial charge in [-0.3, -0.25) is 4.55 Å². The van der Waals surface area contributed by atoms with Crippen molar-refractivity contribution in [3.8, 4) is 16.9 Å². The summed E-state index contributed by atoms with van der Waals surface area (Å²) in [6, 6.07) is 14.7. The third-order valence-electron chi connectivity index (χ3n) is 6.42. The highest BCUT2D eigenvalue weighted by Gasteiger charge is 2.20. The Morgan fingerprint density at radius 3 is 1.67 bits per heavy atom. The topological polar surface area (TPSA) is 239 Å². The molecule has 14 heteroatoms. The Kier molecular flexibility index (Phi) is 7.95. The number of hydrogen-bond donors (Lipinski definition) is 6. The number of azo groups is 2. The number of nitrogens with zero attached hydrogens (tertiary/aromatic N) is 4. The van der Waals surface area contributed by atoms with Gasteiger partial charge in [-0.05, 0) is 91.1 Å². The summed E-state index contributed by atoms with van der Waals surface area (Å²) < 4.78 is 32.5. The number of carboxylic acid groups (broad SMARTS) is 1. The van der Waals surface area contributed by atoms with E-state index in [0.717, 1.165) is 28.3 Å². The average molecular weight is 590 g/mol. The lowest BCUT2D eigenvalue weighted by Crippen LogP contribution is -2.04. The Morgan fingerprint density at radius 2 is 1.19 bits per heavy atom. The smallest absolute Gasteiger partial charge is 0.341 e. The van der Waals surface area contributed by atoms with Crippen LogP contribution < -0.4 is 17.2 Å². The summed E-state index contributed by atoms with van der Waals surface area (Å²) in [4.78, 5) is 11.0. The van der Waals surface area contributed by atoms with Crippen molar-refractivity contribution in [2.24, 2.45) is 20.5 Å². The van der Waals surface area contributed by atoms with Crippen molar-refractivity contribution in [2.75, 3.05) is 17.2 Å². The molecule has 0 atom stereocenters. The third-order valence-corrected chi connectivity index (χ3v) is 7.33. The van der Waals surface area contributed by atoms with E-state index in [1.165, 1.54) is 12.1 Å². The quantitative estimate of drug-likeness (QED) is 0.0781. The van der Waals surface area contributed by atoms with E-state index in [1.807, 2.05) is 38.1 Å². The number of rotatable bonds is 7. The van der Waals surface area contributed by atoms with Gasteiger partial charge in [0, 0.05) is 0 Å². The molecule has 13 nitrogen and oxygen atoms in total. The van der Waals surface area contributed by atoms with Crippen molar-refractivity contribution >= 4 is 55.9 Å². The molecule has 0 bridgehead atoms. The molecule has 0 saturated heterocycles. The molecular formula is C28H27N7O6S. The average Bonchev–Trinajstić information content (AvgIpc) is 2.89. The van der Waals surface area contributed by atoms with Crippen molar-refractivity contribution in [3.05, 3.63) is 76.9 Å². The van der Waals surface area contributed by atoms with Gasteiger partial charge < -0.3 is 27.4 Å². The number of phenols is 1. The lowest BCUT2D eigenvalue weighted by atomic mass is 10.0. The molecule has 0 aliphatic rings. The molecule has 0 heterocycles. The Hall–Kier alpha value is -5.34. The monoisotopic (exact) mass is 589 g/mol. The second-order valence-electron chi connectivity index (χ2n) is 9.48. The van der Waals surface area contributed by atoms with Crippen LogP contribution in [0.5, 0.6) is 5.75 Å². The van der Waals surface area contributed by atoms with Crippen LogP contribution in [0.3, 0.4) is 0 Å². The zero-order valence-corrected chi connectivity index (χ0v) is 23.5. The van der Waals surface area contributed by atoms with Gasteiger partial charge in [0.15, 0.2) is 0 Å². The van der Waals surface area contributed by atoms with Crippen LogP contribution >= 0.6 is 0 Å². The van der Waals surface area contributed by atoms with Crippen molar-refractivity contribution < 1.29 is 28.0 Å². The SMILES string of the molecule is Cc1cc(-c2ccc(N=Nc3cc(C)c(O)c(C(=O)O)c3N)c(C)c2)ccc1N=Nc1cc(S(=O)(=O)O)c(N)cc1N. The first-order valence-corrected chi connectivity index (χ1v) is 13.7. The number of carboxylic acids is 1. The van der Waals surface area contributed by atoms with Crippen molar-refractivity contribution in [2.45, 2.75) is 25.7 Å². The number of aromatic hydroxyl groups is 1. The van der Waals surface area contributed by atoms with E-state index < -0.39 is 32.3 Å². The summed E-state index contributed by atoms with van der Waals surface area (Å²) in [7, 11) is -4.57. The number of benzene rings is 4. The molecule has 0 fully saturated rings. The molecule has 9 N–H and O–H groups in total. The first-order chi connectivity index (χ1) is 19.7. The normalized spacial score (nSPS) is 11.9. The predicted octanol–water partition coefficient (Wildman–Crippen LogP) is 6.51. The van der Waals surface area contributed by atoms with Crippen LogP contribution in [0, 0.1) is 20.8 Å². The molecule has 4 rings (SSSR count). The van der Waals surface area contributed by atoms with Gasteiger partial charge >= 0.3 is 5.97 Å². The molecule has 42 heavy (non-hydrogen) atoms. The molecule has 0 aliphatic heterocycles. The van der Waals surface area contributed by atoms with E-state index in [9.17, 15) is 28.0 Å². The highest BCUT2D eigenvalue weighted by atomic mass is 32.2. The zero-order valence-electron chi connectivity index (χ0n) is 22.7. The molecule has 4 aromatic rings. The van der Waals surface area contributed by atoms with Gasteiger partial charge in [-0.15, -0.1) is 10.2 Å². The maximum atomic E-state index is 11.6. The predicted molar refractivity (Wildman–Crippen MR) is 159 cm³/mol. The Bertz CT molecular complexity index is 1920. The van der Waals surface area contributed by atoms with Crippen LogP contribution in [0.2, 0.25) is 0 Å². The summed E-state index contributed by atoms with van der Waals surface area (Å²) >= 11 is 0. The minimum Gasteiger partial charge on any atom is -0.507 e. The standard InChI is InChI=1S/C28H27N7O6S/c1-13-8-16(4-6-20(13)32-34-22-12-24(42(39,40)41)19(30)11-18(22)29)17-5-7-21(14(2)9-17)33-35-23-10-15(3)27(36)25(26(23)31)28(37)38/h4-12,36H,29-31H2,1-3H3,(H,37,38)(H,39,40,41). The summed E-state index contributed by atoms with van der Waals surface area (Å²) in [6.07, 6.45) is 0. The van der Waals surface area contributed by atoms with E-state index in [-0.39, 0.29) is 28.4 Å². The third kappa shape index (κ3) is 6.04. The van der Waals surface area contributed by atoms with Gasteiger partial charge in [-0.2, -0.15) is 18.6 Å². The van der Waals surface area contributed by atoms with Gasteiger partial charge in [-0.1, -0.05) is 12.1 Å². The second kappa shape index (κ2) is 11.3. The fourth-order valence-corrected chi connectivity index (χ4v) is 4.74. The maximum absolute atomic E-state index is 11.6. The van der Waals surface area contributed by atoms with Crippen LogP contribution in [0.1, 0.15) is 27.0 Å².